The van der Waals surface area contributed by atoms with E-state index in [4.69, 9.17) is 5.11 Å². The molecule has 1 saturated heterocycles. The molecule has 1 heterocycles. The lowest BCUT2D eigenvalue weighted by molar-refractivity contribution is -0.384. The van der Waals surface area contributed by atoms with Gasteiger partial charge in [-0.05, 0) is 12.5 Å². The van der Waals surface area contributed by atoms with Crippen LogP contribution in [0.1, 0.15) is 6.42 Å². The van der Waals surface area contributed by atoms with Gasteiger partial charge in [0.15, 0.2) is 0 Å². The summed E-state index contributed by atoms with van der Waals surface area (Å²) in [6, 6.07) is 3.55. The summed E-state index contributed by atoms with van der Waals surface area (Å²) in [5.41, 5.74) is 0.284. The number of nitrogens with zero attached hydrogens (tertiary/aromatic N) is 3. The zero-order chi connectivity index (χ0) is 14.5. The molecule has 1 aromatic rings. The summed E-state index contributed by atoms with van der Waals surface area (Å²) in [5.74, 6) is -0.465. The van der Waals surface area contributed by atoms with E-state index in [-0.39, 0.29) is 12.3 Å². The topological polar surface area (TPSA) is 69.9 Å². The summed E-state index contributed by atoms with van der Waals surface area (Å²) in [7, 11) is 0. The Morgan fingerprint density at radius 1 is 1.30 bits per heavy atom. The number of hydrogen-bond donors (Lipinski definition) is 1. The molecule has 0 bridgehead atoms. The lowest BCUT2D eigenvalue weighted by Gasteiger charge is -2.35. The van der Waals surface area contributed by atoms with E-state index in [1.807, 2.05) is 4.90 Å². The molecule has 2 rings (SSSR count). The molecule has 1 aliphatic heterocycles. The van der Waals surface area contributed by atoms with Crippen molar-refractivity contribution in [1.82, 2.24) is 4.90 Å². The first-order valence-electron chi connectivity index (χ1n) is 6.64. The zero-order valence-corrected chi connectivity index (χ0v) is 11.2. The van der Waals surface area contributed by atoms with Crippen LogP contribution in [-0.2, 0) is 0 Å². The van der Waals surface area contributed by atoms with Crippen LogP contribution < -0.4 is 4.90 Å². The number of anilines is 1. The molecule has 1 aromatic carbocycles. The predicted octanol–water partition coefficient (Wildman–Crippen LogP) is 1.24. The van der Waals surface area contributed by atoms with Crippen LogP contribution in [0.3, 0.4) is 0 Å². The summed E-state index contributed by atoms with van der Waals surface area (Å²) < 4.78 is 13.3. The number of nitro benzene ring substituents is 1. The van der Waals surface area contributed by atoms with Gasteiger partial charge >= 0.3 is 0 Å². The second-order valence-electron chi connectivity index (χ2n) is 4.80. The highest BCUT2D eigenvalue weighted by Crippen LogP contribution is 2.29. The Kier molecular flexibility index (Phi) is 4.86. The predicted molar refractivity (Wildman–Crippen MR) is 73.4 cm³/mol. The summed E-state index contributed by atoms with van der Waals surface area (Å²) in [5, 5.41) is 19.8. The van der Waals surface area contributed by atoms with Gasteiger partial charge in [0.2, 0.25) is 0 Å². The van der Waals surface area contributed by atoms with Gasteiger partial charge in [-0.3, -0.25) is 15.0 Å². The highest BCUT2D eigenvalue weighted by molar-refractivity contribution is 5.63. The lowest BCUT2D eigenvalue weighted by atomic mass is 10.2. The standard InChI is InChI=1S/C13H18FN3O3/c14-11-2-3-12(17(19)20)13(10-11)16-7-5-15(6-8-16)4-1-9-18/h2-3,10,18H,1,4-9H2. The van der Waals surface area contributed by atoms with Crippen molar-refractivity contribution in [1.29, 1.82) is 0 Å². The number of hydrogen-bond acceptors (Lipinski definition) is 5. The maximum absolute atomic E-state index is 13.3. The fourth-order valence-corrected chi connectivity index (χ4v) is 2.41. The molecule has 0 amide bonds. The van der Waals surface area contributed by atoms with Gasteiger partial charge in [0.25, 0.3) is 5.69 Å². The monoisotopic (exact) mass is 283 g/mol. The van der Waals surface area contributed by atoms with Crippen molar-refractivity contribution in [3.05, 3.63) is 34.1 Å². The van der Waals surface area contributed by atoms with Crippen molar-refractivity contribution in [2.75, 3.05) is 44.2 Å². The third-order valence-electron chi connectivity index (χ3n) is 3.48. The van der Waals surface area contributed by atoms with Gasteiger partial charge in [0, 0.05) is 51.5 Å². The van der Waals surface area contributed by atoms with E-state index in [2.05, 4.69) is 4.90 Å². The van der Waals surface area contributed by atoms with Crippen LogP contribution in [0.25, 0.3) is 0 Å². The van der Waals surface area contributed by atoms with Gasteiger partial charge in [0.05, 0.1) is 4.92 Å². The first kappa shape index (κ1) is 14.7. The van der Waals surface area contributed by atoms with Crippen molar-refractivity contribution < 1.29 is 14.4 Å². The average Bonchev–Trinajstić information content (AvgIpc) is 2.45. The van der Waals surface area contributed by atoms with Crippen molar-refractivity contribution >= 4 is 11.4 Å². The molecule has 1 N–H and O–H groups in total. The first-order chi connectivity index (χ1) is 9.61. The molecule has 110 valence electrons. The molecule has 0 aromatic heterocycles. The summed E-state index contributed by atoms with van der Waals surface area (Å²) in [6.45, 7) is 3.73. The van der Waals surface area contributed by atoms with Crippen molar-refractivity contribution in [3.63, 3.8) is 0 Å². The molecular weight excluding hydrogens is 265 g/mol. The summed E-state index contributed by atoms with van der Waals surface area (Å²) in [6.07, 6.45) is 0.722. The maximum Gasteiger partial charge on any atom is 0.292 e. The van der Waals surface area contributed by atoms with Crippen molar-refractivity contribution in [2.24, 2.45) is 0 Å². The van der Waals surface area contributed by atoms with Crippen LogP contribution in [0.5, 0.6) is 0 Å². The van der Waals surface area contributed by atoms with Crippen LogP contribution in [-0.4, -0.2) is 54.3 Å². The Morgan fingerprint density at radius 2 is 2.00 bits per heavy atom. The van der Waals surface area contributed by atoms with E-state index in [1.54, 1.807) is 0 Å². The molecule has 1 aliphatic rings. The molecule has 0 saturated carbocycles. The highest BCUT2D eigenvalue weighted by atomic mass is 19.1. The molecule has 0 unspecified atom stereocenters. The van der Waals surface area contributed by atoms with Gasteiger partial charge in [0.1, 0.15) is 11.5 Å². The molecule has 1 fully saturated rings. The number of rotatable bonds is 5. The summed E-state index contributed by atoms with van der Waals surface area (Å²) in [4.78, 5) is 14.6. The van der Waals surface area contributed by atoms with Crippen LogP contribution in [0.4, 0.5) is 15.8 Å². The molecule has 0 radical (unpaired) electrons. The number of piperazine rings is 1. The molecule has 0 spiro atoms. The largest absolute Gasteiger partial charge is 0.396 e. The smallest absolute Gasteiger partial charge is 0.292 e. The van der Waals surface area contributed by atoms with E-state index in [0.717, 1.165) is 32.1 Å². The SMILES string of the molecule is O=[N+]([O-])c1ccc(F)cc1N1CCN(CCCO)CC1. The van der Waals surface area contributed by atoms with E-state index in [0.29, 0.717) is 18.8 Å². The fourth-order valence-electron chi connectivity index (χ4n) is 2.41. The number of nitro groups is 1. The number of aliphatic hydroxyl groups is 1. The Morgan fingerprint density at radius 3 is 2.60 bits per heavy atom. The Balaban J connectivity index is 2.06. The average molecular weight is 283 g/mol. The van der Waals surface area contributed by atoms with Crippen LogP contribution >= 0.6 is 0 Å². The van der Waals surface area contributed by atoms with Gasteiger partial charge in [-0.1, -0.05) is 0 Å². The molecule has 20 heavy (non-hydrogen) atoms. The Hall–Kier alpha value is -1.73. The van der Waals surface area contributed by atoms with Crippen LogP contribution in [0.2, 0.25) is 0 Å². The second-order valence-corrected chi connectivity index (χ2v) is 4.80. The minimum atomic E-state index is -0.479. The third kappa shape index (κ3) is 3.43. The van der Waals surface area contributed by atoms with E-state index < -0.39 is 10.7 Å². The molecule has 0 aliphatic carbocycles. The number of benzene rings is 1. The Labute approximate surface area is 116 Å². The molecule has 7 heteroatoms. The van der Waals surface area contributed by atoms with Crippen molar-refractivity contribution in [2.45, 2.75) is 6.42 Å². The molecule has 0 atom stereocenters. The minimum Gasteiger partial charge on any atom is -0.396 e. The van der Waals surface area contributed by atoms with E-state index >= 15 is 0 Å². The van der Waals surface area contributed by atoms with Crippen LogP contribution in [0.15, 0.2) is 18.2 Å². The lowest BCUT2D eigenvalue weighted by Crippen LogP contribution is -2.47. The fraction of sp³-hybridized carbons (Fsp3) is 0.538. The van der Waals surface area contributed by atoms with Crippen LogP contribution in [0, 0.1) is 15.9 Å². The first-order valence-corrected chi connectivity index (χ1v) is 6.64. The minimum absolute atomic E-state index is 0.0600. The highest BCUT2D eigenvalue weighted by Gasteiger charge is 2.23. The number of halogens is 1. The third-order valence-corrected chi connectivity index (χ3v) is 3.48. The zero-order valence-electron chi connectivity index (χ0n) is 11.2. The molecule has 6 nitrogen and oxygen atoms in total. The normalized spacial score (nSPS) is 16.4. The van der Waals surface area contributed by atoms with E-state index in [1.165, 1.54) is 12.1 Å². The maximum atomic E-state index is 13.3. The Bertz CT molecular complexity index is 476. The summed E-state index contributed by atoms with van der Waals surface area (Å²) >= 11 is 0. The quantitative estimate of drug-likeness (QED) is 0.650. The van der Waals surface area contributed by atoms with Gasteiger partial charge in [-0.2, -0.15) is 0 Å². The molecular formula is C13H18FN3O3. The van der Waals surface area contributed by atoms with Gasteiger partial charge in [-0.25, -0.2) is 4.39 Å². The van der Waals surface area contributed by atoms with E-state index in [9.17, 15) is 14.5 Å². The second kappa shape index (κ2) is 6.62. The van der Waals surface area contributed by atoms with Gasteiger partial charge in [-0.15, -0.1) is 0 Å². The number of aliphatic hydroxyl groups excluding tert-OH is 1. The van der Waals surface area contributed by atoms with Crippen molar-refractivity contribution in [3.8, 4) is 0 Å². The van der Waals surface area contributed by atoms with Gasteiger partial charge < -0.3 is 10.0 Å².